The molecule has 2 heterocycles. The first-order valence-electron chi connectivity index (χ1n) is 6.48. The third kappa shape index (κ3) is 2.73. The van der Waals surface area contributed by atoms with E-state index < -0.39 is 5.60 Å². The number of hydrogen-bond donors (Lipinski definition) is 1. The standard InChI is InChI=1S/C13H21N3O3/c1-9-11-14-7-10(8-17)16(11)6-5-15(9)12(18)19-13(2,3)4/h7,9,17H,5-6,8H2,1-4H3. The molecule has 19 heavy (non-hydrogen) atoms. The molecule has 1 unspecified atom stereocenters. The summed E-state index contributed by atoms with van der Waals surface area (Å²) in [5, 5.41) is 9.23. The van der Waals surface area contributed by atoms with Gasteiger partial charge in [0, 0.05) is 13.1 Å². The number of aliphatic hydroxyl groups is 1. The summed E-state index contributed by atoms with van der Waals surface area (Å²) in [6.07, 6.45) is 1.34. The minimum atomic E-state index is -0.500. The minimum absolute atomic E-state index is 0.0356. The fraction of sp³-hybridized carbons (Fsp3) is 0.692. The van der Waals surface area contributed by atoms with Gasteiger partial charge in [0.05, 0.1) is 24.5 Å². The van der Waals surface area contributed by atoms with Gasteiger partial charge in [-0.15, -0.1) is 0 Å². The molecule has 0 fully saturated rings. The zero-order valence-electron chi connectivity index (χ0n) is 11.9. The Labute approximate surface area is 113 Å². The molecule has 6 nitrogen and oxygen atoms in total. The zero-order chi connectivity index (χ0) is 14.2. The normalized spacial score (nSPS) is 19.2. The van der Waals surface area contributed by atoms with Gasteiger partial charge in [0.25, 0.3) is 0 Å². The van der Waals surface area contributed by atoms with E-state index in [1.165, 1.54) is 0 Å². The Hall–Kier alpha value is -1.56. The number of fused-ring (bicyclic) bond motifs is 1. The van der Waals surface area contributed by atoms with Crippen LogP contribution in [0.25, 0.3) is 0 Å². The summed E-state index contributed by atoms with van der Waals surface area (Å²) in [7, 11) is 0. The summed E-state index contributed by atoms with van der Waals surface area (Å²) in [6.45, 7) is 8.63. The molecule has 0 radical (unpaired) electrons. The lowest BCUT2D eigenvalue weighted by molar-refractivity contribution is 0.0118. The molecule has 1 aromatic heterocycles. The molecule has 106 valence electrons. The molecule has 1 aliphatic heterocycles. The predicted molar refractivity (Wildman–Crippen MR) is 69.5 cm³/mol. The summed E-state index contributed by atoms with van der Waals surface area (Å²) < 4.78 is 7.36. The third-order valence-corrected chi connectivity index (χ3v) is 3.16. The highest BCUT2D eigenvalue weighted by atomic mass is 16.6. The van der Waals surface area contributed by atoms with Gasteiger partial charge in [0.15, 0.2) is 0 Å². The summed E-state index contributed by atoms with van der Waals surface area (Å²) in [6, 6.07) is -0.149. The van der Waals surface area contributed by atoms with Crippen molar-refractivity contribution in [2.75, 3.05) is 6.54 Å². The summed E-state index contributed by atoms with van der Waals surface area (Å²) >= 11 is 0. The number of aromatic nitrogens is 2. The number of nitrogens with zero attached hydrogens (tertiary/aromatic N) is 3. The van der Waals surface area contributed by atoms with Crippen LogP contribution in [0.4, 0.5) is 4.79 Å². The van der Waals surface area contributed by atoms with E-state index in [9.17, 15) is 9.90 Å². The Morgan fingerprint density at radius 3 is 2.79 bits per heavy atom. The van der Waals surface area contributed by atoms with E-state index in [1.807, 2.05) is 32.3 Å². The van der Waals surface area contributed by atoms with E-state index in [0.717, 1.165) is 11.5 Å². The molecule has 0 saturated carbocycles. The lowest BCUT2D eigenvalue weighted by atomic mass is 10.2. The van der Waals surface area contributed by atoms with Crippen molar-refractivity contribution >= 4 is 6.09 Å². The van der Waals surface area contributed by atoms with E-state index in [1.54, 1.807) is 11.1 Å². The Balaban J connectivity index is 2.17. The Bertz CT molecular complexity index is 476. The number of ether oxygens (including phenoxy) is 1. The minimum Gasteiger partial charge on any atom is -0.444 e. The summed E-state index contributed by atoms with van der Waals surface area (Å²) in [4.78, 5) is 18.1. The van der Waals surface area contributed by atoms with Gasteiger partial charge in [-0.25, -0.2) is 9.78 Å². The largest absolute Gasteiger partial charge is 0.444 e. The maximum absolute atomic E-state index is 12.1. The van der Waals surface area contributed by atoms with Crippen LogP contribution in [-0.4, -0.2) is 37.8 Å². The van der Waals surface area contributed by atoms with Gasteiger partial charge < -0.3 is 14.4 Å². The van der Waals surface area contributed by atoms with Crippen molar-refractivity contribution in [1.29, 1.82) is 0 Å². The summed E-state index contributed by atoms with van der Waals surface area (Å²) in [5.74, 6) is 0.793. The summed E-state index contributed by atoms with van der Waals surface area (Å²) in [5.41, 5.74) is 0.283. The number of imidazole rings is 1. The molecule has 1 amide bonds. The van der Waals surface area contributed by atoms with Crippen LogP contribution in [0.2, 0.25) is 0 Å². The molecule has 2 rings (SSSR count). The second-order valence-corrected chi connectivity index (χ2v) is 5.77. The molecule has 0 spiro atoms. The van der Waals surface area contributed by atoms with Gasteiger partial charge in [-0.05, 0) is 27.7 Å². The number of carbonyl (C=O) groups is 1. The molecule has 0 aromatic carbocycles. The maximum atomic E-state index is 12.1. The van der Waals surface area contributed by atoms with Crippen molar-refractivity contribution in [3.8, 4) is 0 Å². The number of rotatable bonds is 1. The monoisotopic (exact) mass is 267 g/mol. The van der Waals surface area contributed by atoms with E-state index in [2.05, 4.69) is 4.98 Å². The molecule has 0 aliphatic carbocycles. The van der Waals surface area contributed by atoms with Crippen LogP contribution in [0, 0.1) is 0 Å². The Kier molecular flexibility index (Phi) is 3.54. The maximum Gasteiger partial charge on any atom is 0.410 e. The van der Waals surface area contributed by atoms with Crippen molar-refractivity contribution in [1.82, 2.24) is 14.5 Å². The van der Waals surface area contributed by atoms with Crippen LogP contribution in [0.5, 0.6) is 0 Å². The van der Waals surface area contributed by atoms with Crippen molar-refractivity contribution < 1.29 is 14.6 Å². The second kappa shape index (κ2) is 4.85. The first-order chi connectivity index (χ1) is 8.83. The van der Waals surface area contributed by atoms with E-state index in [0.29, 0.717) is 13.1 Å². The quantitative estimate of drug-likeness (QED) is 0.840. The Morgan fingerprint density at radius 1 is 1.53 bits per heavy atom. The molecule has 0 bridgehead atoms. The number of hydrogen-bond acceptors (Lipinski definition) is 4. The van der Waals surface area contributed by atoms with Gasteiger partial charge in [-0.3, -0.25) is 4.90 Å². The average Bonchev–Trinajstić information content (AvgIpc) is 2.70. The molecule has 6 heteroatoms. The van der Waals surface area contributed by atoms with Gasteiger partial charge >= 0.3 is 6.09 Å². The van der Waals surface area contributed by atoms with Crippen LogP contribution in [0.1, 0.15) is 45.3 Å². The number of aliphatic hydroxyl groups excluding tert-OH is 1. The highest BCUT2D eigenvalue weighted by molar-refractivity contribution is 5.68. The lowest BCUT2D eigenvalue weighted by Gasteiger charge is -2.35. The van der Waals surface area contributed by atoms with E-state index >= 15 is 0 Å². The highest BCUT2D eigenvalue weighted by Crippen LogP contribution is 2.26. The first kappa shape index (κ1) is 13.9. The van der Waals surface area contributed by atoms with Crippen molar-refractivity contribution in [3.63, 3.8) is 0 Å². The van der Waals surface area contributed by atoms with Gasteiger partial charge in [0.1, 0.15) is 11.4 Å². The molecular weight excluding hydrogens is 246 g/mol. The van der Waals surface area contributed by atoms with Crippen LogP contribution < -0.4 is 0 Å². The smallest absolute Gasteiger partial charge is 0.410 e. The predicted octanol–water partition coefficient (Wildman–Crippen LogP) is 1.69. The van der Waals surface area contributed by atoms with E-state index in [-0.39, 0.29) is 18.7 Å². The first-order valence-corrected chi connectivity index (χ1v) is 6.48. The average molecular weight is 267 g/mol. The fourth-order valence-corrected chi connectivity index (χ4v) is 2.26. The zero-order valence-corrected chi connectivity index (χ0v) is 11.9. The van der Waals surface area contributed by atoms with Crippen LogP contribution >= 0.6 is 0 Å². The number of amides is 1. The molecule has 1 N–H and O–H groups in total. The lowest BCUT2D eigenvalue weighted by Crippen LogP contribution is -2.44. The van der Waals surface area contributed by atoms with Crippen LogP contribution in [-0.2, 0) is 17.9 Å². The highest BCUT2D eigenvalue weighted by Gasteiger charge is 2.32. The Morgan fingerprint density at radius 2 is 2.21 bits per heavy atom. The fourth-order valence-electron chi connectivity index (χ4n) is 2.26. The van der Waals surface area contributed by atoms with Gasteiger partial charge in [-0.2, -0.15) is 0 Å². The van der Waals surface area contributed by atoms with Gasteiger partial charge in [-0.1, -0.05) is 0 Å². The van der Waals surface area contributed by atoms with Crippen molar-refractivity contribution in [3.05, 3.63) is 17.7 Å². The number of carbonyl (C=O) groups excluding carboxylic acids is 1. The van der Waals surface area contributed by atoms with Gasteiger partial charge in [0.2, 0.25) is 0 Å². The molecular formula is C13H21N3O3. The van der Waals surface area contributed by atoms with Crippen molar-refractivity contribution in [2.24, 2.45) is 0 Å². The topological polar surface area (TPSA) is 67.6 Å². The molecule has 1 aliphatic rings. The second-order valence-electron chi connectivity index (χ2n) is 5.77. The molecule has 0 saturated heterocycles. The third-order valence-electron chi connectivity index (χ3n) is 3.16. The van der Waals surface area contributed by atoms with Crippen molar-refractivity contribution in [2.45, 2.75) is 52.5 Å². The molecule has 1 aromatic rings. The van der Waals surface area contributed by atoms with E-state index in [4.69, 9.17) is 4.74 Å². The SMILES string of the molecule is CC1c2ncc(CO)n2CCN1C(=O)OC(C)(C)C. The van der Waals surface area contributed by atoms with Crippen LogP contribution in [0.3, 0.4) is 0 Å². The van der Waals surface area contributed by atoms with Crippen LogP contribution in [0.15, 0.2) is 6.20 Å². The molecule has 1 atom stereocenters.